The first-order chi connectivity index (χ1) is 13.1. The zero-order valence-corrected chi connectivity index (χ0v) is 17.5. The molecular formula is C21H38N4O2. The van der Waals surface area contributed by atoms with Gasteiger partial charge in [0.15, 0.2) is 0 Å². The summed E-state index contributed by atoms with van der Waals surface area (Å²) in [5, 5.41) is 4.53. The predicted octanol–water partition coefficient (Wildman–Crippen LogP) is 2.80. The Morgan fingerprint density at radius 2 is 2.07 bits per heavy atom. The Hall–Kier alpha value is -0.950. The van der Waals surface area contributed by atoms with E-state index in [0.717, 1.165) is 38.8 Å². The van der Waals surface area contributed by atoms with Crippen molar-refractivity contribution in [3.05, 3.63) is 18.0 Å². The highest BCUT2D eigenvalue weighted by Gasteiger charge is 2.25. The molecule has 0 N–H and O–H groups in total. The first kappa shape index (κ1) is 20.8. The molecule has 0 saturated carbocycles. The second-order valence-electron chi connectivity index (χ2n) is 8.53. The standard InChI is InChI=1S/C21H38N4O2/c1-18(2)25-16-20(13-22-25)15-24(17-21-5-4-11-27-21)14-19-6-8-23(9-7-19)10-12-26-3/h13,16,18-19,21H,4-12,14-15,17H2,1-3H3. The molecule has 6 heteroatoms. The number of piperidine rings is 1. The summed E-state index contributed by atoms with van der Waals surface area (Å²) in [5.74, 6) is 0.783. The minimum absolute atomic E-state index is 0.409. The van der Waals surface area contributed by atoms with Gasteiger partial charge in [0, 0.05) is 57.7 Å². The summed E-state index contributed by atoms with van der Waals surface area (Å²) in [7, 11) is 1.79. The Labute approximate surface area is 164 Å². The highest BCUT2D eigenvalue weighted by Crippen LogP contribution is 2.22. The average Bonchev–Trinajstić information content (AvgIpc) is 3.33. The second-order valence-corrected chi connectivity index (χ2v) is 8.53. The molecule has 154 valence electrons. The molecule has 1 unspecified atom stereocenters. The van der Waals surface area contributed by atoms with Gasteiger partial charge < -0.3 is 14.4 Å². The van der Waals surface area contributed by atoms with Gasteiger partial charge in [-0.3, -0.25) is 9.58 Å². The average molecular weight is 379 g/mol. The molecule has 1 aromatic rings. The topological polar surface area (TPSA) is 42.8 Å². The van der Waals surface area contributed by atoms with E-state index in [1.807, 2.05) is 6.20 Å². The van der Waals surface area contributed by atoms with E-state index in [9.17, 15) is 0 Å². The van der Waals surface area contributed by atoms with Crippen LogP contribution in [0.4, 0.5) is 0 Å². The lowest BCUT2D eigenvalue weighted by atomic mass is 9.96. The summed E-state index contributed by atoms with van der Waals surface area (Å²) in [6.45, 7) is 12.8. The van der Waals surface area contributed by atoms with Crippen LogP contribution >= 0.6 is 0 Å². The number of hydrogen-bond donors (Lipinski definition) is 0. The molecule has 1 atom stereocenters. The van der Waals surface area contributed by atoms with Crippen LogP contribution in [0.25, 0.3) is 0 Å². The van der Waals surface area contributed by atoms with E-state index in [1.54, 1.807) is 7.11 Å². The number of methoxy groups -OCH3 is 1. The molecule has 3 rings (SSSR count). The van der Waals surface area contributed by atoms with Crippen LogP contribution in [0, 0.1) is 5.92 Å². The van der Waals surface area contributed by atoms with E-state index in [0.29, 0.717) is 12.1 Å². The zero-order valence-electron chi connectivity index (χ0n) is 17.5. The van der Waals surface area contributed by atoms with Gasteiger partial charge in [0.1, 0.15) is 0 Å². The third-order valence-corrected chi connectivity index (χ3v) is 5.91. The quantitative estimate of drug-likeness (QED) is 0.626. The van der Waals surface area contributed by atoms with Gasteiger partial charge in [-0.15, -0.1) is 0 Å². The molecule has 2 fully saturated rings. The lowest BCUT2D eigenvalue weighted by molar-refractivity contribution is 0.0551. The first-order valence-corrected chi connectivity index (χ1v) is 10.7. The SMILES string of the molecule is COCCN1CCC(CN(Cc2cnn(C(C)C)c2)CC2CCCO2)CC1. The molecule has 0 aromatic carbocycles. The first-order valence-electron chi connectivity index (χ1n) is 10.7. The van der Waals surface area contributed by atoms with E-state index in [4.69, 9.17) is 9.47 Å². The summed E-state index contributed by atoms with van der Waals surface area (Å²) >= 11 is 0. The number of ether oxygens (including phenoxy) is 2. The fourth-order valence-electron chi connectivity index (χ4n) is 4.26. The monoisotopic (exact) mass is 378 g/mol. The second kappa shape index (κ2) is 10.6. The molecule has 2 aliphatic rings. The largest absolute Gasteiger partial charge is 0.383 e. The number of rotatable bonds is 10. The Morgan fingerprint density at radius 3 is 2.70 bits per heavy atom. The number of nitrogens with zero attached hydrogens (tertiary/aromatic N) is 4. The molecule has 2 saturated heterocycles. The third-order valence-electron chi connectivity index (χ3n) is 5.91. The molecule has 0 radical (unpaired) electrons. The highest BCUT2D eigenvalue weighted by molar-refractivity contribution is 5.04. The number of hydrogen-bond acceptors (Lipinski definition) is 5. The molecule has 0 bridgehead atoms. The van der Waals surface area contributed by atoms with Crippen molar-refractivity contribution in [1.29, 1.82) is 0 Å². The Kier molecular flexibility index (Phi) is 8.12. The Balaban J connectivity index is 1.53. The van der Waals surface area contributed by atoms with Crippen LogP contribution in [0.15, 0.2) is 12.4 Å². The highest BCUT2D eigenvalue weighted by atomic mass is 16.5. The van der Waals surface area contributed by atoms with Gasteiger partial charge >= 0.3 is 0 Å². The van der Waals surface area contributed by atoms with Crippen LogP contribution in [0.1, 0.15) is 51.1 Å². The zero-order chi connectivity index (χ0) is 19.1. The smallest absolute Gasteiger partial charge is 0.0702 e. The molecule has 6 nitrogen and oxygen atoms in total. The molecular weight excluding hydrogens is 340 g/mol. The summed E-state index contributed by atoms with van der Waals surface area (Å²) < 4.78 is 13.2. The molecule has 0 spiro atoms. The van der Waals surface area contributed by atoms with Crippen molar-refractivity contribution in [2.24, 2.45) is 5.92 Å². The van der Waals surface area contributed by atoms with E-state index in [-0.39, 0.29) is 0 Å². The maximum absolute atomic E-state index is 5.93. The van der Waals surface area contributed by atoms with Gasteiger partial charge in [-0.05, 0) is 58.5 Å². The van der Waals surface area contributed by atoms with Crippen molar-refractivity contribution in [3.8, 4) is 0 Å². The van der Waals surface area contributed by atoms with Gasteiger partial charge in [-0.1, -0.05) is 0 Å². The molecule has 0 aliphatic carbocycles. The minimum Gasteiger partial charge on any atom is -0.383 e. The summed E-state index contributed by atoms with van der Waals surface area (Å²) in [5.41, 5.74) is 1.32. The van der Waals surface area contributed by atoms with Crippen molar-refractivity contribution in [2.75, 3.05) is 53.0 Å². The Morgan fingerprint density at radius 1 is 1.26 bits per heavy atom. The molecule has 3 heterocycles. The fourth-order valence-corrected chi connectivity index (χ4v) is 4.26. The van der Waals surface area contributed by atoms with Crippen molar-refractivity contribution in [1.82, 2.24) is 19.6 Å². The summed E-state index contributed by atoms with van der Waals surface area (Å²) in [6, 6.07) is 0.418. The van der Waals surface area contributed by atoms with Crippen molar-refractivity contribution >= 4 is 0 Å². The van der Waals surface area contributed by atoms with Crippen molar-refractivity contribution in [2.45, 2.75) is 58.2 Å². The maximum Gasteiger partial charge on any atom is 0.0702 e. The van der Waals surface area contributed by atoms with Gasteiger partial charge in [0.05, 0.1) is 18.9 Å². The summed E-state index contributed by atoms with van der Waals surface area (Å²) in [4.78, 5) is 5.16. The number of aromatic nitrogens is 2. The van der Waals surface area contributed by atoms with Gasteiger partial charge in [0.2, 0.25) is 0 Å². The maximum atomic E-state index is 5.93. The van der Waals surface area contributed by atoms with Crippen LogP contribution in [0.2, 0.25) is 0 Å². The van der Waals surface area contributed by atoms with Crippen LogP contribution in [-0.2, 0) is 16.0 Å². The van der Waals surface area contributed by atoms with Crippen molar-refractivity contribution < 1.29 is 9.47 Å². The fraction of sp³-hybridized carbons (Fsp3) is 0.857. The van der Waals surface area contributed by atoms with Gasteiger partial charge in [0.25, 0.3) is 0 Å². The van der Waals surface area contributed by atoms with Crippen LogP contribution < -0.4 is 0 Å². The van der Waals surface area contributed by atoms with Crippen LogP contribution in [0.5, 0.6) is 0 Å². The predicted molar refractivity (Wildman–Crippen MR) is 108 cm³/mol. The molecule has 2 aliphatic heterocycles. The van der Waals surface area contributed by atoms with E-state index in [1.165, 1.54) is 50.9 Å². The summed E-state index contributed by atoms with van der Waals surface area (Å²) in [6.07, 6.45) is 9.65. The number of likely N-dealkylation sites (tertiary alicyclic amines) is 1. The van der Waals surface area contributed by atoms with Crippen LogP contribution in [-0.4, -0.2) is 78.7 Å². The van der Waals surface area contributed by atoms with Crippen LogP contribution in [0.3, 0.4) is 0 Å². The minimum atomic E-state index is 0.409. The van der Waals surface area contributed by atoms with E-state index < -0.39 is 0 Å². The molecule has 1 aromatic heterocycles. The van der Waals surface area contributed by atoms with Gasteiger partial charge in [-0.2, -0.15) is 5.10 Å². The Bertz CT molecular complexity index is 534. The lowest BCUT2D eigenvalue weighted by Crippen LogP contribution is -2.41. The molecule has 0 amide bonds. The molecule has 27 heavy (non-hydrogen) atoms. The normalized spacial score (nSPS) is 22.3. The van der Waals surface area contributed by atoms with Gasteiger partial charge in [-0.25, -0.2) is 0 Å². The lowest BCUT2D eigenvalue weighted by Gasteiger charge is -2.35. The third kappa shape index (κ3) is 6.56. The van der Waals surface area contributed by atoms with E-state index >= 15 is 0 Å². The van der Waals surface area contributed by atoms with E-state index in [2.05, 4.69) is 39.6 Å². The van der Waals surface area contributed by atoms with Crippen molar-refractivity contribution in [3.63, 3.8) is 0 Å².